The molecule has 2 aliphatic rings. The van der Waals surface area contributed by atoms with Gasteiger partial charge in [0.25, 0.3) is 5.91 Å². The van der Waals surface area contributed by atoms with Crippen LogP contribution in [0.15, 0.2) is 12.1 Å². The number of hydrogen-bond donors (Lipinski definition) is 4. The molecule has 6 nitrogen and oxygen atoms in total. The van der Waals surface area contributed by atoms with Gasteiger partial charge in [-0.3, -0.25) is 4.79 Å². The molecule has 1 aliphatic heterocycles. The van der Waals surface area contributed by atoms with Gasteiger partial charge in [-0.2, -0.15) is 0 Å². The monoisotopic (exact) mass is 360 g/mol. The number of rotatable bonds is 4. The van der Waals surface area contributed by atoms with Crippen LogP contribution in [0.1, 0.15) is 11.6 Å². The number of nitrogens with two attached hydrogens (primary N) is 1. The molecular formula is C15H18Cl2N2O4. The summed E-state index contributed by atoms with van der Waals surface area (Å²) in [6, 6.07) is 2.57. The second-order valence-electron chi connectivity index (χ2n) is 6.20. The summed E-state index contributed by atoms with van der Waals surface area (Å²) >= 11 is 11.8. The number of piperidine rings is 1. The minimum absolute atomic E-state index is 0.0144. The number of fused-ring (bicyclic) bond motifs is 1. The first-order chi connectivity index (χ1) is 10.8. The van der Waals surface area contributed by atoms with Crippen molar-refractivity contribution in [3.63, 3.8) is 0 Å². The maximum Gasteiger partial charge on any atom is 0.253 e. The fourth-order valence-electron chi connectivity index (χ4n) is 3.60. The van der Waals surface area contributed by atoms with Gasteiger partial charge in [-0.15, -0.1) is 0 Å². The lowest BCUT2D eigenvalue weighted by Gasteiger charge is -2.24. The Kier molecular flexibility index (Phi) is 4.46. The maximum atomic E-state index is 11.8. The minimum atomic E-state index is -1.36. The summed E-state index contributed by atoms with van der Waals surface area (Å²) in [4.78, 5) is 13.4. The molecule has 1 saturated carbocycles. The minimum Gasteiger partial charge on any atom is -0.508 e. The number of nitrogens with zero attached hydrogens (tertiary/aromatic N) is 1. The van der Waals surface area contributed by atoms with E-state index in [1.807, 2.05) is 0 Å². The van der Waals surface area contributed by atoms with E-state index in [0.717, 1.165) is 0 Å². The van der Waals surface area contributed by atoms with Crippen LogP contribution in [0.2, 0.25) is 10.0 Å². The molecule has 2 fully saturated rings. The lowest BCUT2D eigenvalue weighted by molar-refractivity contribution is -0.141. The molecule has 5 N–H and O–H groups in total. The Balaban J connectivity index is 1.67. The predicted octanol–water partition coefficient (Wildman–Crippen LogP) is 0.756. The Morgan fingerprint density at radius 3 is 2.43 bits per heavy atom. The summed E-state index contributed by atoms with van der Waals surface area (Å²) in [5.74, 6) is 0.167. The highest BCUT2D eigenvalue weighted by Gasteiger charge is 2.59. The second-order valence-corrected chi connectivity index (χ2v) is 7.01. The van der Waals surface area contributed by atoms with Crippen LogP contribution in [0.4, 0.5) is 0 Å². The van der Waals surface area contributed by atoms with Gasteiger partial charge >= 0.3 is 0 Å². The van der Waals surface area contributed by atoms with Crippen molar-refractivity contribution < 1.29 is 20.1 Å². The number of phenols is 1. The van der Waals surface area contributed by atoms with Crippen molar-refractivity contribution in [2.75, 3.05) is 19.7 Å². The number of carbonyl (C=O) groups is 1. The summed E-state index contributed by atoms with van der Waals surface area (Å²) in [7, 11) is 0. The number of phenolic OH excluding ortho intramolecular Hbond substituents is 1. The van der Waals surface area contributed by atoms with Crippen molar-refractivity contribution in [3.8, 4) is 5.75 Å². The largest absolute Gasteiger partial charge is 0.508 e. The molecule has 1 aromatic rings. The van der Waals surface area contributed by atoms with Crippen molar-refractivity contribution in [2.45, 2.75) is 12.1 Å². The van der Waals surface area contributed by atoms with Crippen LogP contribution >= 0.6 is 23.2 Å². The SMILES string of the molecule is NC(c1cc(Cl)c(Cl)cc1O)C1[C@H]2CN(C(=O)[C@H](O)CO)C[C@@H]12. The molecule has 1 amide bonds. The summed E-state index contributed by atoms with van der Waals surface area (Å²) in [5.41, 5.74) is 6.81. The van der Waals surface area contributed by atoms with Crippen LogP contribution in [0.25, 0.3) is 0 Å². The average molecular weight is 361 g/mol. The summed E-state index contributed by atoms with van der Waals surface area (Å²) in [6.45, 7) is 0.423. The van der Waals surface area contributed by atoms with Crippen LogP contribution in [-0.4, -0.2) is 51.9 Å². The zero-order chi connectivity index (χ0) is 16.9. The number of benzene rings is 1. The molecule has 8 heteroatoms. The van der Waals surface area contributed by atoms with Crippen molar-refractivity contribution >= 4 is 29.1 Å². The maximum absolute atomic E-state index is 11.8. The van der Waals surface area contributed by atoms with Crippen LogP contribution < -0.4 is 5.73 Å². The van der Waals surface area contributed by atoms with Crippen molar-refractivity contribution in [1.82, 2.24) is 4.90 Å². The highest BCUT2D eigenvalue weighted by atomic mass is 35.5. The molecule has 0 spiro atoms. The van der Waals surface area contributed by atoms with Crippen LogP contribution in [-0.2, 0) is 4.79 Å². The van der Waals surface area contributed by atoms with Crippen molar-refractivity contribution in [1.29, 1.82) is 0 Å². The lowest BCUT2D eigenvalue weighted by Crippen LogP contribution is -2.41. The topological polar surface area (TPSA) is 107 Å². The highest BCUT2D eigenvalue weighted by Crippen LogP contribution is 2.57. The van der Waals surface area contributed by atoms with E-state index in [1.54, 1.807) is 11.0 Å². The lowest BCUT2D eigenvalue weighted by atomic mass is 9.99. The van der Waals surface area contributed by atoms with Gasteiger partial charge in [0.2, 0.25) is 0 Å². The Labute approximate surface area is 143 Å². The van der Waals surface area contributed by atoms with Gasteiger partial charge in [-0.25, -0.2) is 0 Å². The molecule has 0 radical (unpaired) electrons. The zero-order valence-electron chi connectivity index (χ0n) is 12.2. The smallest absolute Gasteiger partial charge is 0.253 e. The number of aromatic hydroxyl groups is 1. The molecule has 1 saturated heterocycles. The van der Waals surface area contributed by atoms with E-state index in [2.05, 4.69) is 0 Å². The number of aliphatic hydroxyl groups excluding tert-OH is 2. The number of aliphatic hydroxyl groups is 2. The Morgan fingerprint density at radius 2 is 1.87 bits per heavy atom. The van der Waals surface area contributed by atoms with Gasteiger partial charge in [0, 0.05) is 30.8 Å². The van der Waals surface area contributed by atoms with Gasteiger partial charge in [0.05, 0.1) is 16.7 Å². The number of carbonyl (C=O) groups excluding carboxylic acids is 1. The second kappa shape index (κ2) is 6.11. The van der Waals surface area contributed by atoms with E-state index in [1.165, 1.54) is 6.07 Å². The van der Waals surface area contributed by atoms with Gasteiger partial charge in [0.15, 0.2) is 6.10 Å². The van der Waals surface area contributed by atoms with E-state index in [4.69, 9.17) is 34.0 Å². The highest BCUT2D eigenvalue weighted by molar-refractivity contribution is 6.42. The van der Waals surface area contributed by atoms with E-state index in [0.29, 0.717) is 23.7 Å². The molecule has 0 bridgehead atoms. The Bertz CT molecular complexity index is 630. The molecular weight excluding hydrogens is 343 g/mol. The third-order valence-corrected chi connectivity index (χ3v) is 5.60. The molecule has 126 valence electrons. The molecule has 0 aromatic heterocycles. The van der Waals surface area contributed by atoms with Gasteiger partial charge in [-0.1, -0.05) is 23.2 Å². The third kappa shape index (κ3) is 2.90. The van der Waals surface area contributed by atoms with Crippen LogP contribution in [0, 0.1) is 17.8 Å². The van der Waals surface area contributed by atoms with E-state index < -0.39 is 18.6 Å². The number of halogens is 2. The number of hydrogen-bond acceptors (Lipinski definition) is 5. The molecule has 3 rings (SSSR count). The first-order valence-corrected chi connectivity index (χ1v) is 8.12. The van der Waals surface area contributed by atoms with Crippen molar-refractivity contribution in [3.05, 3.63) is 27.7 Å². The number of amides is 1. The first-order valence-electron chi connectivity index (χ1n) is 7.36. The predicted molar refractivity (Wildman–Crippen MR) is 85.2 cm³/mol. The summed E-state index contributed by atoms with van der Waals surface area (Å²) in [6.07, 6.45) is -1.36. The van der Waals surface area contributed by atoms with Gasteiger partial charge < -0.3 is 26.0 Å². The van der Waals surface area contributed by atoms with Crippen LogP contribution in [0.3, 0.4) is 0 Å². The van der Waals surface area contributed by atoms with E-state index >= 15 is 0 Å². The fourth-order valence-corrected chi connectivity index (χ4v) is 3.93. The molecule has 1 heterocycles. The summed E-state index contributed by atoms with van der Waals surface area (Å²) in [5, 5.41) is 28.9. The Morgan fingerprint density at radius 1 is 1.30 bits per heavy atom. The van der Waals surface area contributed by atoms with E-state index in [-0.39, 0.29) is 34.6 Å². The standard InChI is InChI=1S/C15H18Cl2N2O4/c16-9-1-6(11(21)2-10(9)17)14(18)13-7-3-19(4-8(7)13)15(23)12(22)5-20/h1-2,7-8,12-14,20-22H,3-5,18H2/t7-,8+,12-,13?,14?/m1/s1. The average Bonchev–Trinajstić information content (AvgIpc) is 3.02. The molecule has 5 atom stereocenters. The molecule has 1 aliphatic carbocycles. The first kappa shape index (κ1) is 16.8. The van der Waals surface area contributed by atoms with Gasteiger partial charge in [-0.05, 0) is 23.8 Å². The zero-order valence-corrected chi connectivity index (χ0v) is 13.7. The molecule has 23 heavy (non-hydrogen) atoms. The quantitative estimate of drug-likeness (QED) is 0.633. The summed E-state index contributed by atoms with van der Waals surface area (Å²) < 4.78 is 0. The molecule has 1 aromatic carbocycles. The van der Waals surface area contributed by atoms with Gasteiger partial charge in [0.1, 0.15) is 5.75 Å². The normalized spacial score (nSPS) is 28.4. The van der Waals surface area contributed by atoms with Crippen LogP contribution in [0.5, 0.6) is 5.75 Å². The fraction of sp³-hybridized carbons (Fsp3) is 0.533. The molecule has 2 unspecified atom stereocenters. The number of likely N-dealkylation sites (tertiary alicyclic amines) is 1. The van der Waals surface area contributed by atoms with Crippen molar-refractivity contribution in [2.24, 2.45) is 23.5 Å². The van der Waals surface area contributed by atoms with E-state index in [9.17, 15) is 15.0 Å². The third-order valence-electron chi connectivity index (χ3n) is 4.87. The Hall–Kier alpha value is -1.05.